The van der Waals surface area contributed by atoms with Gasteiger partial charge in [0.25, 0.3) is 0 Å². The normalized spacial score (nSPS) is 17.6. The molecule has 7 nitrogen and oxygen atoms in total. The minimum Gasteiger partial charge on any atom is -0.481 e. The summed E-state index contributed by atoms with van der Waals surface area (Å²) in [5.74, 6) is -1.54. The van der Waals surface area contributed by atoms with Gasteiger partial charge in [-0.25, -0.2) is 9.59 Å². The number of cyclic esters (lactones) is 1. The van der Waals surface area contributed by atoms with Crippen molar-refractivity contribution in [3.8, 4) is 11.1 Å². The van der Waals surface area contributed by atoms with Gasteiger partial charge in [0.05, 0.1) is 0 Å². The lowest BCUT2D eigenvalue weighted by molar-refractivity contribution is -0.140. The van der Waals surface area contributed by atoms with Crippen molar-refractivity contribution in [3.63, 3.8) is 0 Å². The Balaban J connectivity index is 1.44. The van der Waals surface area contributed by atoms with Crippen LogP contribution >= 0.6 is 0 Å². The van der Waals surface area contributed by atoms with Crippen molar-refractivity contribution < 1.29 is 29.0 Å². The standard InChI is InChI=1S/C22H21NO6/c24-20(25)11-5-10-19-21(26)29-13-23(19)22(27)28-12-18-16-8-3-1-6-14(16)15-7-2-4-9-17(15)18/h1-4,6-9,18-19H,5,10-13H2,(H,24,25)/t19-/m0/s1. The number of rotatable bonds is 6. The molecule has 1 heterocycles. The van der Waals surface area contributed by atoms with Crippen molar-refractivity contribution in [1.82, 2.24) is 4.90 Å². The van der Waals surface area contributed by atoms with Crippen LogP contribution in [0.3, 0.4) is 0 Å². The number of ether oxygens (including phenoxy) is 2. The van der Waals surface area contributed by atoms with Gasteiger partial charge in [0.2, 0.25) is 0 Å². The molecule has 2 aliphatic rings. The summed E-state index contributed by atoms with van der Waals surface area (Å²) in [5, 5.41) is 8.77. The average molecular weight is 395 g/mol. The van der Waals surface area contributed by atoms with Crippen molar-refractivity contribution >= 4 is 18.0 Å². The molecule has 0 unspecified atom stereocenters. The second-order valence-corrected chi connectivity index (χ2v) is 7.17. The molecule has 0 saturated carbocycles. The number of hydrogen-bond acceptors (Lipinski definition) is 5. The van der Waals surface area contributed by atoms with Crippen molar-refractivity contribution in [3.05, 3.63) is 59.7 Å². The highest BCUT2D eigenvalue weighted by molar-refractivity contribution is 5.84. The monoisotopic (exact) mass is 395 g/mol. The maximum atomic E-state index is 12.6. The lowest BCUT2D eigenvalue weighted by Gasteiger charge is -2.21. The summed E-state index contributed by atoms with van der Waals surface area (Å²) in [6.45, 7) is -0.0212. The third kappa shape index (κ3) is 3.68. The molecule has 0 spiro atoms. The Bertz CT molecular complexity index is 910. The van der Waals surface area contributed by atoms with E-state index in [1.807, 2.05) is 36.4 Å². The first-order valence-electron chi connectivity index (χ1n) is 9.56. The molecule has 1 aliphatic heterocycles. The van der Waals surface area contributed by atoms with Gasteiger partial charge < -0.3 is 14.6 Å². The van der Waals surface area contributed by atoms with Crippen molar-refractivity contribution in [2.75, 3.05) is 13.3 Å². The van der Waals surface area contributed by atoms with Crippen LogP contribution < -0.4 is 0 Å². The number of carbonyl (C=O) groups is 3. The molecule has 0 bridgehead atoms. The molecule has 0 aromatic heterocycles. The number of aliphatic carboxylic acids is 1. The van der Waals surface area contributed by atoms with E-state index >= 15 is 0 Å². The molecule has 4 rings (SSSR count). The average Bonchev–Trinajstić information content (AvgIpc) is 3.24. The predicted molar refractivity (Wildman–Crippen MR) is 103 cm³/mol. The summed E-state index contributed by atoms with van der Waals surface area (Å²) in [6, 6.07) is 15.3. The highest BCUT2D eigenvalue weighted by atomic mass is 16.6. The smallest absolute Gasteiger partial charge is 0.413 e. The summed E-state index contributed by atoms with van der Waals surface area (Å²) in [7, 11) is 0. The molecule has 1 N–H and O–H groups in total. The van der Waals surface area contributed by atoms with E-state index in [-0.39, 0.29) is 38.5 Å². The molecule has 1 saturated heterocycles. The van der Waals surface area contributed by atoms with Crippen LogP contribution in [0, 0.1) is 0 Å². The van der Waals surface area contributed by atoms with E-state index in [4.69, 9.17) is 14.6 Å². The number of benzene rings is 2. The summed E-state index contributed by atoms with van der Waals surface area (Å²) in [4.78, 5) is 36.5. The quantitative estimate of drug-likeness (QED) is 0.754. The van der Waals surface area contributed by atoms with Crippen LogP contribution in [0.5, 0.6) is 0 Å². The zero-order valence-corrected chi connectivity index (χ0v) is 15.7. The molecular formula is C22H21NO6. The highest BCUT2D eigenvalue weighted by Gasteiger charge is 2.39. The molecular weight excluding hydrogens is 374 g/mol. The fraction of sp³-hybridized carbons (Fsp3) is 0.318. The number of nitrogens with zero attached hydrogens (tertiary/aromatic N) is 1. The summed E-state index contributed by atoms with van der Waals surface area (Å²) in [5.41, 5.74) is 4.48. The molecule has 0 radical (unpaired) electrons. The maximum Gasteiger partial charge on any atom is 0.413 e. The third-order valence-corrected chi connectivity index (χ3v) is 5.43. The lowest BCUT2D eigenvalue weighted by Crippen LogP contribution is -2.39. The zero-order chi connectivity index (χ0) is 20.4. The van der Waals surface area contributed by atoms with Gasteiger partial charge in [-0.15, -0.1) is 0 Å². The molecule has 1 aliphatic carbocycles. The fourth-order valence-corrected chi connectivity index (χ4v) is 4.02. The molecule has 7 heteroatoms. The number of amides is 1. The Morgan fingerprint density at radius 1 is 1.07 bits per heavy atom. The Labute approximate surface area is 167 Å². The van der Waals surface area contributed by atoms with Crippen LogP contribution in [-0.2, 0) is 19.1 Å². The first kappa shape index (κ1) is 19.0. The van der Waals surface area contributed by atoms with Gasteiger partial charge in [0, 0.05) is 12.3 Å². The number of carboxylic acid groups (broad SMARTS) is 1. The van der Waals surface area contributed by atoms with Gasteiger partial charge in [-0.1, -0.05) is 48.5 Å². The van der Waals surface area contributed by atoms with E-state index in [1.54, 1.807) is 0 Å². The summed E-state index contributed by atoms with van der Waals surface area (Å²) < 4.78 is 10.5. The number of carboxylic acids is 1. The molecule has 1 atom stereocenters. The SMILES string of the molecule is O=C(O)CCC[C@H]1C(=O)OCN1C(=O)OCC1c2ccccc2-c2ccccc21. The topological polar surface area (TPSA) is 93.1 Å². The Morgan fingerprint density at radius 2 is 1.69 bits per heavy atom. The predicted octanol–water partition coefficient (Wildman–Crippen LogP) is 3.38. The summed E-state index contributed by atoms with van der Waals surface area (Å²) in [6.07, 6.45) is -0.182. The van der Waals surface area contributed by atoms with Gasteiger partial charge in [0.1, 0.15) is 12.6 Å². The van der Waals surface area contributed by atoms with E-state index < -0.39 is 24.1 Å². The van der Waals surface area contributed by atoms with Crippen LogP contribution in [-0.4, -0.2) is 47.4 Å². The van der Waals surface area contributed by atoms with E-state index in [0.717, 1.165) is 22.3 Å². The Hall–Kier alpha value is -3.35. The summed E-state index contributed by atoms with van der Waals surface area (Å²) >= 11 is 0. The van der Waals surface area contributed by atoms with Crippen molar-refractivity contribution in [2.45, 2.75) is 31.2 Å². The number of esters is 1. The van der Waals surface area contributed by atoms with Gasteiger partial charge >= 0.3 is 18.0 Å². The third-order valence-electron chi connectivity index (χ3n) is 5.43. The van der Waals surface area contributed by atoms with Gasteiger partial charge in [-0.3, -0.25) is 9.69 Å². The van der Waals surface area contributed by atoms with Crippen LogP contribution in [0.4, 0.5) is 4.79 Å². The minimum absolute atomic E-state index is 0.0672. The molecule has 150 valence electrons. The molecule has 1 fully saturated rings. The van der Waals surface area contributed by atoms with Crippen LogP contribution in [0.2, 0.25) is 0 Å². The zero-order valence-electron chi connectivity index (χ0n) is 15.7. The van der Waals surface area contributed by atoms with E-state index in [9.17, 15) is 14.4 Å². The van der Waals surface area contributed by atoms with Gasteiger partial charge in [0.15, 0.2) is 6.73 Å². The lowest BCUT2D eigenvalue weighted by atomic mass is 9.98. The van der Waals surface area contributed by atoms with E-state index in [1.165, 1.54) is 4.90 Å². The molecule has 2 aromatic carbocycles. The fourth-order valence-electron chi connectivity index (χ4n) is 4.02. The second kappa shape index (κ2) is 7.95. The van der Waals surface area contributed by atoms with Crippen LogP contribution in [0.15, 0.2) is 48.5 Å². The number of carbonyl (C=O) groups excluding carboxylic acids is 2. The molecule has 2 aromatic rings. The second-order valence-electron chi connectivity index (χ2n) is 7.17. The molecule has 1 amide bonds. The van der Waals surface area contributed by atoms with E-state index in [0.29, 0.717) is 0 Å². The highest BCUT2D eigenvalue weighted by Crippen LogP contribution is 2.44. The number of hydrogen-bond donors (Lipinski definition) is 1. The maximum absolute atomic E-state index is 12.6. The van der Waals surface area contributed by atoms with Gasteiger partial charge in [-0.2, -0.15) is 0 Å². The van der Waals surface area contributed by atoms with E-state index in [2.05, 4.69) is 12.1 Å². The first-order chi connectivity index (χ1) is 14.1. The van der Waals surface area contributed by atoms with Crippen molar-refractivity contribution in [2.24, 2.45) is 0 Å². The Kier molecular flexibility index (Phi) is 5.20. The van der Waals surface area contributed by atoms with Crippen LogP contribution in [0.25, 0.3) is 11.1 Å². The Morgan fingerprint density at radius 3 is 2.31 bits per heavy atom. The number of fused-ring (bicyclic) bond motifs is 3. The minimum atomic E-state index is -0.941. The van der Waals surface area contributed by atoms with Crippen molar-refractivity contribution in [1.29, 1.82) is 0 Å². The largest absolute Gasteiger partial charge is 0.481 e. The molecule has 29 heavy (non-hydrogen) atoms. The van der Waals surface area contributed by atoms with Crippen LogP contribution in [0.1, 0.15) is 36.3 Å². The first-order valence-corrected chi connectivity index (χ1v) is 9.56. The van der Waals surface area contributed by atoms with Gasteiger partial charge in [-0.05, 0) is 35.1 Å².